The lowest BCUT2D eigenvalue weighted by Crippen LogP contribution is -2.51. The van der Waals surface area contributed by atoms with Crippen molar-refractivity contribution in [3.63, 3.8) is 0 Å². The van der Waals surface area contributed by atoms with Gasteiger partial charge in [-0.3, -0.25) is 0 Å². The predicted octanol–water partition coefficient (Wildman–Crippen LogP) is 1.95. The van der Waals surface area contributed by atoms with E-state index in [1.165, 1.54) is 4.90 Å². The molecule has 5 heteroatoms. The number of nitrogens with one attached hydrogen (secondary N) is 1. The summed E-state index contributed by atoms with van der Waals surface area (Å²) in [6.07, 6.45) is -0.873. The van der Waals surface area contributed by atoms with Crippen LogP contribution in [-0.4, -0.2) is 43.3 Å². The van der Waals surface area contributed by atoms with E-state index in [1.807, 2.05) is 30.3 Å². The first-order valence-corrected chi connectivity index (χ1v) is 6.47. The molecule has 1 aromatic rings. The van der Waals surface area contributed by atoms with E-state index in [2.05, 4.69) is 5.32 Å². The number of rotatable bonds is 3. The summed E-state index contributed by atoms with van der Waals surface area (Å²) in [5.41, 5.74) is 0.928. The van der Waals surface area contributed by atoms with Crippen molar-refractivity contribution in [1.82, 2.24) is 10.2 Å². The van der Waals surface area contributed by atoms with Gasteiger partial charge in [0.25, 0.3) is 0 Å². The summed E-state index contributed by atoms with van der Waals surface area (Å²) in [5, 5.41) is 2.92. The van der Waals surface area contributed by atoms with Crippen LogP contribution in [0.4, 0.5) is 9.18 Å². The van der Waals surface area contributed by atoms with E-state index in [4.69, 9.17) is 4.74 Å². The van der Waals surface area contributed by atoms with Crippen LogP contribution in [0.2, 0.25) is 0 Å². The van der Waals surface area contributed by atoms with Gasteiger partial charge in [-0.15, -0.1) is 0 Å². The summed E-state index contributed by atoms with van der Waals surface area (Å²) in [7, 11) is 1.74. The second kappa shape index (κ2) is 6.52. The van der Waals surface area contributed by atoms with Crippen molar-refractivity contribution in [3.8, 4) is 0 Å². The second-order valence-corrected chi connectivity index (χ2v) is 4.69. The number of halogens is 1. The highest BCUT2D eigenvalue weighted by Gasteiger charge is 2.31. The van der Waals surface area contributed by atoms with Gasteiger partial charge < -0.3 is 15.0 Å². The van der Waals surface area contributed by atoms with E-state index in [0.717, 1.165) is 5.56 Å². The van der Waals surface area contributed by atoms with Gasteiger partial charge in [-0.2, -0.15) is 0 Å². The molecule has 0 unspecified atom stereocenters. The average molecular weight is 266 g/mol. The number of amides is 1. The molecule has 1 fully saturated rings. The van der Waals surface area contributed by atoms with Crippen LogP contribution < -0.4 is 5.32 Å². The number of ether oxygens (including phenoxy) is 1. The van der Waals surface area contributed by atoms with Gasteiger partial charge in [-0.05, 0) is 19.0 Å². The van der Waals surface area contributed by atoms with Crippen molar-refractivity contribution in [2.75, 3.05) is 20.1 Å². The fourth-order valence-corrected chi connectivity index (χ4v) is 2.21. The smallest absolute Gasteiger partial charge is 0.410 e. The molecule has 1 aliphatic heterocycles. The van der Waals surface area contributed by atoms with E-state index in [-0.39, 0.29) is 19.2 Å². The predicted molar refractivity (Wildman–Crippen MR) is 70.6 cm³/mol. The van der Waals surface area contributed by atoms with Crippen LogP contribution >= 0.6 is 0 Å². The van der Waals surface area contributed by atoms with E-state index in [0.29, 0.717) is 13.0 Å². The highest BCUT2D eigenvalue weighted by molar-refractivity contribution is 5.67. The summed E-state index contributed by atoms with van der Waals surface area (Å²) in [5.74, 6) is 0. The van der Waals surface area contributed by atoms with E-state index >= 15 is 0 Å². The molecular formula is C14H19FN2O2. The van der Waals surface area contributed by atoms with Crippen molar-refractivity contribution in [1.29, 1.82) is 0 Å². The van der Waals surface area contributed by atoms with Crippen LogP contribution in [0.3, 0.4) is 0 Å². The van der Waals surface area contributed by atoms with Gasteiger partial charge in [0.2, 0.25) is 0 Å². The maximum atomic E-state index is 13.7. The number of carbonyl (C=O) groups excluding carboxylic acids is 1. The van der Waals surface area contributed by atoms with Crippen LogP contribution in [-0.2, 0) is 11.3 Å². The standard InChI is InChI=1S/C14H19FN2O2/c1-16-13-7-8-17(9-12(13)15)14(18)19-10-11-5-3-2-4-6-11/h2-6,12-13,16H,7-10H2,1H3/t12-,13+/m0/s1. The molecular weight excluding hydrogens is 247 g/mol. The van der Waals surface area contributed by atoms with Gasteiger partial charge in [0.1, 0.15) is 12.8 Å². The fourth-order valence-electron chi connectivity index (χ4n) is 2.21. The number of likely N-dealkylation sites (tertiary alicyclic amines) is 1. The lowest BCUT2D eigenvalue weighted by atomic mass is 10.0. The van der Waals surface area contributed by atoms with Gasteiger partial charge in [0, 0.05) is 12.6 Å². The Bertz CT molecular complexity index is 413. The van der Waals surface area contributed by atoms with Gasteiger partial charge in [-0.25, -0.2) is 9.18 Å². The number of benzene rings is 1. The summed E-state index contributed by atoms with van der Waals surface area (Å²) in [6.45, 7) is 0.848. The summed E-state index contributed by atoms with van der Waals surface area (Å²) in [4.78, 5) is 13.3. The monoisotopic (exact) mass is 266 g/mol. The molecule has 1 heterocycles. The Kier molecular flexibility index (Phi) is 4.74. The van der Waals surface area contributed by atoms with Crippen molar-refractivity contribution in [2.24, 2.45) is 0 Å². The quantitative estimate of drug-likeness (QED) is 0.909. The third-order valence-corrected chi connectivity index (χ3v) is 3.38. The normalized spacial score (nSPS) is 23.2. The SMILES string of the molecule is CN[C@@H]1CCN(C(=O)OCc2ccccc2)C[C@@H]1F. The zero-order valence-electron chi connectivity index (χ0n) is 11.0. The molecule has 19 heavy (non-hydrogen) atoms. The summed E-state index contributed by atoms with van der Waals surface area (Å²) >= 11 is 0. The topological polar surface area (TPSA) is 41.6 Å². The zero-order chi connectivity index (χ0) is 13.7. The number of carbonyl (C=O) groups is 1. The lowest BCUT2D eigenvalue weighted by Gasteiger charge is -2.33. The Morgan fingerprint density at radius 3 is 2.84 bits per heavy atom. The molecule has 2 atom stereocenters. The molecule has 1 saturated heterocycles. The first-order chi connectivity index (χ1) is 9.20. The third kappa shape index (κ3) is 3.67. The lowest BCUT2D eigenvalue weighted by molar-refractivity contribution is 0.0617. The number of hydrogen-bond donors (Lipinski definition) is 1. The van der Waals surface area contributed by atoms with Crippen molar-refractivity contribution >= 4 is 6.09 Å². The van der Waals surface area contributed by atoms with Gasteiger partial charge in [-0.1, -0.05) is 30.3 Å². The molecule has 1 aliphatic rings. The molecule has 2 rings (SSSR count). The Balaban J connectivity index is 1.81. The van der Waals surface area contributed by atoms with Gasteiger partial charge in [0.15, 0.2) is 0 Å². The highest BCUT2D eigenvalue weighted by Crippen LogP contribution is 2.15. The van der Waals surface area contributed by atoms with E-state index in [1.54, 1.807) is 7.05 Å². The molecule has 104 valence electrons. The fraction of sp³-hybridized carbons (Fsp3) is 0.500. The molecule has 1 aromatic carbocycles. The molecule has 0 aliphatic carbocycles. The van der Waals surface area contributed by atoms with Crippen LogP contribution in [0.15, 0.2) is 30.3 Å². The minimum atomic E-state index is -1.04. The average Bonchev–Trinajstić information content (AvgIpc) is 2.45. The molecule has 1 N–H and O–H groups in total. The summed E-state index contributed by atoms with van der Waals surface area (Å²) in [6, 6.07) is 9.29. The minimum Gasteiger partial charge on any atom is -0.445 e. The van der Waals surface area contributed by atoms with Crippen molar-refractivity contribution < 1.29 is 13.9 Å². The van der Waals surface area contributed by atoms with Gasteiger partial charge in [0.05, 0.1) is 6.54 Å². The highest BCUT2D eigenvalue weighted by atomic mass is 19.1. The molecule has 0 spiro atoms. The molecule has 0 radical (unpaired) electrons. The van der Waals surface area contributed by atoms with Crippen LogP contribution in [0.5, 0.6) is 0 Å². The molecule has 4 nitrogen and oxygen atoms in total. The second-order valence-electron chi connectivity index (χ2n) is 4.69. The Hall–Kier alpha value is -1.62. The Labute approximate surface area is 112 Å². The van der Waals surface area contributed by atoms with Crippen molar-refractivity contribution in [2.45, 2.75) is 25.2 Å². The van der Waals surface area contributed by atoms with Crippen molar-refractivity contribution in [3.05, 3.63) is 35.9 Å². The van der Waals surface area contributed by atoms with E-state index in [9.17, 15) is 9.18 Å². The summed E-state index contributed by atoms with van der Waals surface area (Å²) < 4.78 is 18.9. The maximum absolute atomic E-state index is 13.7. The van der Waals surface area contributed by atoms with E-state index < -0.39 is 12.3 Å². The molecule has 0 aromatic heterocycles. The number of alkyl halides is 1. The van der Waals surface area contributed by atoms with Crippen LogP contribution in [0.25, 0.3) is 0 Å². The number of nitrogens with zero attached hydrogens (tertiary/aromatic N) is 1. The largest absolute Gasteiger partial charge is 0.445 e. The van der Waals surface area contributed by atoms with Crippen LogP contribution in [0, 0.1) is 0 Å². The van der Waals surface area contributed by atoms with Crippen LogP contribution in [0.1, 0.15) is 12.0 Å². The Morgan fingerprint density at radius 1 is 1.47 bits per heavy atom. The first-order valence-electron chi connectivity index (χ1n) is 6.47. The third-order valence-electron chi connectivity index (χ3n) is 3.38. The number of piperidine rings is 1. The van der Waals surface area contributed by atoms with Gasteiger partial charge >= 0.3 is 6.09 Å². The molecule has 1 amide bonds. The zero-order valence-corrected chi connectivity index (χ0v) is 11.0. The molecule has 0 bridgehead atoms. The molecule has 0 saturated carbocycles. The Morgan fingerprint density at radius 2 is 2.21 bits per heavy atom. The maximum Gasteiger partial charge on any atom is 0.410 e. The first kappa shape index (κ1) is 13.8. The number of hydrogen-bond acceptors (Lipinski definition) is 3. The minimum absolute atomic E-state index is 0.0964.